The summed E-state index contributed by atoms with van der Waals surface area (Å²) in [5, 5.41) is 22.7. The fourth-order valence-electron chi connectivity index (χ4n) is 4.23. The molecule has 0 aliphatic carbocycles. The molecule has 3 aromatic heterocycles. The van der Waals surface area contributed by atoms with Crippen LogP contribution in [0.25, 0.3) is 11.3 Å². The summed E-state index contributed by atoms with van der Waals surface area (Å²) in [5.41, 5.74) is 1.65. The highest BCUT2D eigenvalue weighted by molar-refractivity contribution is 7.80. The Hall–Kier alpha value is -4.57. The standard InChI is InChI=1S/C26H20N4O5S/c31-24(32)16-11-15(12-17(13-16)25(33)34)20-7-8-21(35-20)23-22(19-6-2-4-10-28-19)29-26(36)30(23)14-18-5-1-3-9-27-18/h1-13,22-23H,14H2,(H,29,36)(H,31,32)(H,33,34)/t22-,23-/m1/s1. The van der Waals surface area contributed by atoms with Gasteiger partial charge in [0, 0.05) is 18.0 Å². The summed E-state index contributed by atoms with van der Waals surface area (Å²) in [4.78, 5) is 34.0. The first-order valence-corrected chi connectivity index (χ1v) is 11.4. The Morgan fingerprint density at radius 1 is 0.944 bits per heavy atom. The van der Waals surface area contributed by atoms with Crippen molar-refractivity contribution in [3.8, 4) is 11.3 Å². The van der Waals surface area contributed by atoms with Gasteiger partial charge in [-0.3, -0.25) is 9.97 Å². The third-order valence-electron chi connectivity index (χ3n) is 5.89. The molecule has 3 N–H and O–H groups in total. The number of hydrogen-bond acceptors (Lipinski definition) is 6. The number of carboxylic acids is 2. The van der Waals surface area contributed by atoms with E-state index in [1.807, 2.05) is 41.3 Å². The Morgan fingerprint density at radius 2 is 1.64 bits per heavy atom. The van der Waals surface area contributed by atoms with Gasteiger partial charge in [-0.05, 0) is 66.8 Å². The molecule has 1 aromatic carbocycles. The number of thiocarbonyl (C=S) groups is 1. The number of nitrogens with one attached hydrogen (secondary N) is 1. The van der Waals surface area contributed by atoms with Crippen LogP contribution in [0.3, 0.4) is 0 Å². The van der Waals surface area contributed by atoms with E-state index >= 15 is 0 Å². The predicted octanol–water partition coefficient (Wildman–Crippen LogP) is 4.31. The van der Waals surface area contributed by atoms with Crippen LogP contribution in [-0.4, -0.2) is 42.1 Å². The monoisotopic (exact) mass is 500 g/mol. The third-order valence-corrected chi connectivity index (χ3v) is 6.24. The highest BCUT2D eigenvalue weighted by atomic mass is 32.1. The normalized spacial score (nSPS) is 17.1. The van der Waals surface area contributed by atoms with Crippen LogP contribution in [0, 0.1) is 0 Å². The van der Waals surface area contributed by atoms with Crippen LogP contribution >= 0.6 is 12.2 Å². The van der Waals surface area contributed by atoms with Crippen LogP contribution in [0.1, 0.15) is 49.9 Å². The van der Waals surface area contributed by atoms with Crippen molar-refractivity contribution in [2.45, 2.75) is 18.6 Å². The van der Waals surface area contributed by atoms with E-state index in [1.54, 1.807) is 24.5 Å². The number of furan rings is 1. The van der Waals surface area contributed by atoms with Crippen molar-refractivity contribution in [2.24, 2.45) is 0 Å². The summed E-state index contributed by atoms with van der Waals surface area (Å²) in [6.07, 6.45) is 3.42. The van der Waals surface area contributed by atoms with Gasteiger partial charge in [-0.1, -0.05) is 12.1 Å². The van der Waals surface area contributed by atoms with Gasteiger partial charge in [0.15, 0.2) is 5.11 Å². The molecule has 9 nitrogen and oxygen atoms in total. The Bertz CT molecular complexity index is 1410. The second-order valence-electron chi connectivity index (χ2n) is 8.19. The Kier molecular flexibility index (Phi) is 6.17. The summed E-state index contributed by atoms with van der Waals surface area (Å²) >= 11 is 5.67. The van der Waals surface area contributed by atoms with E-state index in [1.165, 1.54) is 12.1 Å². The minimum atomic E-state index is -1.23. The van der Waals surface area contributed by atoms with Crippen molar-refractivity contribution in [1.29, 1.82) is 0 Å². The first-order valence-electron chi connectivity index (χ1n) is 11.0. The number of carbonyl (C=O) groups is 2. The van der Waals surface area contributed by atoms with Gasteiger partial charge in [0.25, 0.3) is 0 Å². The summed E-state index contributed by atoms with van der Waals surface area (Å²) in [6.45, 7) is 0.425. The lowest BCUT2D eigenvalue weighted by Crippen LogP contribution is -2.29. The van der Waals surface area contributed by atoms with E-state index in [2.05, 4.69) is 15.3 Å². The minimum Gasteiger partial charge on any atom is -0.478 e. The van der Waals surface area contributed by atoms with Gasteiger partial charge in [0.1, 0.15) is 17.6 Å². The van der Waals surface area contributed by atoms with Crippen molar-refractivity contribution in [2.75, 3.05) is 0 Å². The van der Waals surface area contributed by atoms with Crippen LogP contribution in [0.2, 0.25) is 0 Å². The number of nitrogens with zero attached hydrogens (tertiary/aromatic N) is 3. The van der Waals surface area contributed by atoms with Gasteiger partial charge in [-0.25, -0.2) is 9.59 Å². The molecule has 4 aromatic rings. The van der Waals surface area contributed by atoms with E-state index in [-0.39, 0.29) is 23.2 Å². The largest absolute Gasteiger partial charge is 0.478 e. The minimum absolute atomic E-state index is 0.144. The van der Waals surface area contributed by atoms with Crippen molar-refractivity contribution in [3.05, 3.63) is 107 Å². The first-order chi connectivity index (χ1) is 17.4. The number of hydrogen-bond donors (Lipinski definition) is 3. The molecule has 0 unspecified atom stereocenters. The molecule has 1 aliphatic heterocycles. The maximum absolute atomic E-state index is 11.6. The molecule has 0 radical (unpaired) electrons. The highest BCUT2D eigenvalue weighted by Gasteiger charge is 2.41. The Balaban J connectivity index is 1.56. The summed E-state index contributed by atoms with van der Waals surface area (Å²) in [5.74, 6) is -1.56. The lowest BCUT2D eigenvalue weighted by molar-refractivity contribution is 0.0696. The van der Waals surface area contributed by atoms with Crippen LogP contribution in [0.4, 0.5) is 0 Å². The molecule has 0 amide bonds. The fourth-order valence-corrected chi connectivity index (χ4v) is 4.54. The Labute approximate surface area is 211 Å². The number of carboxylic acid groups (broad SMARTS) is 2. The predicted molar refractivity (Wildman–Crippen MR) is 133 cm³/mol. The van der Waals surface area contributed by atoms with Crippen LogP contribution in [0.5, 0.6) is 0 Å². The molecule has 1 aliphatic rings. The van der Waals surface area contributed by atoms with Crippen molar-refractivity contribution in [3.63, 3.8) is 0 Å². The summed E-state index contributed by atoms with van der Waals surface area (Å²) in [7, 11) is 0. The number of rotatable bonds is 7. The SMILES string of the molecule is O=C(O)c1cc(C(=O)O)cc(-c2ccc([C@@H]3[C@@H](c4ccccn4)NC(=S)N3Cc3ccccn3)o2)c1. The van der Waals surface area contributed by atoms with Gasteiger partial charge >= 0.3 is 11.9 Å². The zero-order valence-electron chi connectivity index (χ0n) is 18.7. The molecular formula is C26H20N4O5S. The topological polar surface area (TPSA) is 129 Å². The van der Waals surface area contributed by atoms with Crippen LogP contribution in [0.15, 0.2) is 83.5 Å². The molecule has 180 valence electrons. The number of aromatic carboxylic acids is 2. The molecule has 4 heterocycles. The van der Waals surface area contributed by atoms with E-state index in [0.29, 0.717) is 28.7 Å². The zero-order valence-corrected chi connectivity index (χ0v) is 19.6. The average Bonchev–Trinajstić information content (AvgIpc) is 3.50. The highest BCUT2D eigenvalue weighted by Crippen LogP contribution is 2.41. The van der Waals surface area contributed by atoms with Gasteiger partial charge in [-0.2, -0.15) is 0 Å². The van der Waals surface area contributed by atoms with Gasteiger partial charge in [0.05, 0.1) is 35.1 Å². The lowest BCUT2D eigenvalue weighted by atomic mass is 10.0. The first kappa shape index (κ1) is 23.2. The number of benzene rings is 1. The van der Waals surface area contributed by atoms with Crippen molar-refractivity contribution in [1.82, 2.24) is 20.2 Å². The van der Waals surface area contributed by atoms with E-state index in [4.69, 9.17) is 16.6 Å². The molecule has 1 saturated heterocycles. The van der Waals surface area contributed by atoms with Crippen LogP contribution in [-0.2, 0) is 6.54 Å². The fraction of sp³-hybridized carbons (Fsp3) is 0.115. The van der Waals surface area contributed by atoms with Gasteiger partial charge < -0.3 is 24.8 Å². The lowest BCUT2D eigenvalue weighted by Gasteiger charge is -2.25. The summed E-state index contributed by atoms with van der Waals surface area (Å²) in [6, 6.07) is 17.9. The molecule has 0 saturated carbocycles. The number of aromatic nitrogens is 2. The maximum Gasteiger partial charge on any atom is 0.335 e. The maximum atomic E-state index is 11.6. The smallest absolute Gasteiger partial charge is 0.335 e. The van der Waals surface area contributed by atoms with E-state index < -0.39 is 11.9 Å². The van der Waals surface area contributed by atoms with Gasteiger partial charge in [-0.15, -0.1) is 0 Å². The second kappa shape index (κ2) is 9.59. The van der Waals surface area contributed by atoms with Crippen LogP contribution < -0.4 is 5.32 Å². The van der Waals surface area contributed by atoms with Crippen molar-refractivity contribution >= 4 is 29.3 Å². The third kappa shape index (κ3) is 4.53. The molecule has 2 atom stereocenters. The van der Waals surface area contributed by atoms with E-state index in [0.717, 1.165) is 17.5 Å². The average molecular weight is 501 g/mol. The quantitative estimate of drug-likeness (QED) is 0.316. The Morgan fingerprint density at radius 3 is 2.25 bits per heavy atom. The van der Waals surface area contributed by atoms with Gasteiger partial charge in [0.2, 0.25) is 0 Å². The molecule has 5 rings (SSSR count). The molecule has 36 heavy (non-hydrogen) atoms. The molecule has 0 spiro atoms. The van der Waals surface area contributed by atoms with Crippen molar-refractivity contribution < 1.29 is 24.2 Å². The van der Waals surface area contributed by atoms with E-state index in [9.17, 15) is 19.8 Å². The zero-order chi connectivity index (χ0) is 25.2. The second-order valence-corrected chi connectivity index (χ2v) is 8.57. The summed E-state index contributed by atoms with van der Waals surface area (Å²) < 4.78 is 6.22. The number of pyridine rings is 2. The molecule has 0 bridgehead atoms. The molecule has 10 heteroatoms. The molecular weight excluding hydrogens is 480 g/mol. The molecule has 1 fully saturated rings.